The SMILES string of the molecule is Cc1ccc(F)cc1NC(=O)C1(C(C)C)CCNC1. The Balaban J connectivity index is 2.22. The molecule has 1 heterocycles. The van der Waals surface area contributed by atoms with Crippen LogP contribution in [-0.4, -0.2) is 19.0 Å². The van der Waals surface area contributed by atoms with Crippen LogP contribution in [-0.2, 0) is 4.79 Å². The van der Waals surface area contributed by atoms with Crippen molar-refractivity contribution in [1.29, 1.82) is 0 Å². The predicted molar refractivity (Wildman–Crippen MR) is 74.5 cm³/mol. The van der Waals surface area contributed by atoms with E-state index < -0.39 is 5.41 Å². The number of carbonyl (C=O) groups excluding carboxylic acids is 1. The lowest BCUT2D eigenvalue weighted by molar-refractivity contribution is -0.126. The van der Waals surface area contributed by atoms with Gasteiger partial charge >= 0.3 is 0 Å². The van der Waals surface area contributed by atoms with E-state index in [1.807, 2.05) is 6.92 Å². The Bertz CT molecular complexity index is 479. The summed E-state index contributed by atoms with van der Waals surface area (Å²) in [6.07, 6.45) is 0.824. The summed E-state index contributed by atoms with van der Waals surface area (Å²) in [5.74, 6) is -0.0957. The molecular weight excluding hydrogens is 243 g/mol. The lowest BCUT2D eigenvalue weighted by Gasteiger charge is -2.31. The number of carbonyl (C=O) groups is 1. The zero-order chi connectivity index (χ0) is 14.0. The first-order chi connectivity index (χ1) is 8.95. The standard InChI is InChI=1S/C15H21FN2O/c1-10(2)15(6-7-17-9-15)14(19)18-13-8-12(16)5-4-11(13)3/h4-5,8,10,17H,6-7,9H2,1-3H3,(H,18,19). The van der Waals surface area contributed by atoms with E-state index in [1.165, 1.54) is 12.1 Å². The second kappa shape index (κ2) is 5.29. The van der Waals surface area contributed by atoms with Crippen molar-refractivity contribution in [2.45, 2.75) is 27.2 Å². The number of aryl methyl sites for hydroxylation is 1. The number of hydrogen-bond acceptors (Lipinski definition) is 2. The van der Waals surface area contributed by atoms with E-state index in [4.69, 9.17) is 0 Å². The van der Waals surface area contributed by atoms with Crippen molar-refractivity contribution in [2.75, 3.05) is 18.4 Å². The van der Waals surface area contributed by atoms with Crippen molar-refractivity contribution in [1.82, 2.24) is 5.32 Å². The summed E-state index contributed by atoms with van der Waals surface area (Å²) < 4.78 is 13.3. The first-order valence-electron chi connectivity index (χ1n) is 6.74. The Hall–Kier alpha value is -1.42. The molecule has 4 heteroatoms. The number of halogens is 1. The molecule has 1 aliphatic rings. The van der Waals surface area contributed by atoms with E-state index in [-0.39, 0.29) is 17.6 Å². The van der Waals surface area contributed by atoms with Crippen LogP contribution < -0.4 is 10.6 Å². The molecule has 0 spiro atoms. The summed E-state index contributed by atoms with van der Waals surface area (Å²) in [6, 6.07) is 4.46. The summed E-state index contributed by atoms with van der Waals surface area (Å²) in [5, 5.41) is 6.15. The van der Waals surface area contributed by atoms with Gasteiger partial charge in [0.25, 0.3) is 0 Å². The highest BCUT2D eigenvalue weighted by molar-refractivity contribution is 5.96. The highest BCUT2D eigenvalue weighted by Gasteiger charge is 2.43. The molecule has 0 saturated carbocycles. The molecule has 2 N–H and O–H groups in total. The van der Waals surface area contributed by atoms with Crippen LogP contribution in [0.4, 0.5) is 10.1 Å². The normalized spacial score (nSPS) is 22.8. The molecule has 3 nitrogen and oxygen atoms in total. The van der Waals surface area contributed by atoms with Crippen molar-refractivity contribution in [3.05, 3.63) is 29.6 Å². The molecule has 0 aromatic heterocycles. The van der Waals surface area contributed by atoms with Crippen LogP contribution >= 0.6 is 0 Å². The van der Waals surface area contributed by atoms with Crippen LogP contribution in [0.3, 0.4) is 0 Å². The zero-order valence-electron chi connectivity index (χ0n) is 11.7. The molecule has 1 atom stereocenters. The van der Waals surface area contributed by atoms with E-state index >= 15 is 0 Å². The summed E-state index contributed by atoms with van der Waals surface area (Å²) in [6.45, 7) is 7.53. The van der Waals surface area contributed by atoms with E-state index in [2.05, 4.69) is 24.5 Å². The third-order valence-corrected chi connectivity index (χ3v) is 4.19. The Labute approximate surface area is 113 Å². The molecule has 0 aliphatic carbocycles. The third-order valence-electron chi connectivity index (χ3n) is 4.19. The van der Waals surface area contributed by atoms with Crippen LogP contribution in [0.25, 0.3) is 0 Å². The molecule has 0 bridgehead atoms. The van der Waals surface area contributed by atoms with Crippen LogP contribution in [0, 0.1) is 24.1 Å². The number of anilines is 1. The summed E-state index contributed by atoms with van der Waals surface area (Å²) in [5.41, 5.74) is 1.05. The van der Waals surface area contributed by atoms with Crippen molar-refractivity contribution in [2.24, 2.45) is 11.3 Å². The van der Waals surface area contributed by atoms with E-state index in [9.17, 15) is 9.18 Å². The number of nitrogens with one attached hydrogen (secondary N) is 2. The van der Waals surface area contributed by atoms with Crippen molar-refractivity contribution in [3.8, 4) is 0 Å². The van der Waals surface area contributed by atoms with Crippen molar-refractivity contribution in [3.63, 3.8) is 0 Å². The van der Waals surface area contributed by atoms with Crippen molar-refractivity contribution < 1.29 is 9.18 Å². The second-order valence-electron chi connectivity index (χ2n) is 5.65. The van der Waals surface area contributed by atoms with E-state index in [1.54, 1.807) is 6.07 Å². The minimum Gasteiger partial charge on any atom is -0.325 e. The Kier molecular flexibility index (Phi) is 3.90. The number of benzene rings is 1. The molecular formula is C15H21FN2O. The molecule has 2 rings (SSSR count). The highest BCUT2D eigenvalue weighted by Crippen LogP contribution is 2.35. The number of rotatable bonds is 3. The number of amides is 1. The van der Waals surface area contributed by atoms with Gasteiger partial charge in [-0.25, -0.2) is 4.39 Å². The minimum atomic E-state index is -0.390. The topological polar surface area (TPSA) is 41.1 Å². The van der Waals surface area contributed by atoms with Gasteiger partial charge in [0.05, 0.1) is 5.41 Å². The molecule has 1 aromatic rings. The fourth-order valence-corrected chi connectivity index (χ4v) is 2.64. The molecule has 1 aliphatic heterocycles. The molecule has 1 fully saturated rings. The van der Waals surface area contributed by atoms with Crippen LogP contribution in [0.2, 0.25) is 0 Å². The molecule has 1 amide bonds. The average molecular weight is 264 g/mol. The summed E-state index contributed by atoms with van der Waals surface area (Å²) >= 11 is 0. The molecule has 104 valence electrons. The largest absolute Gasteiger partial charge is 0.325 e. The quantitative estimate of drug-likeness (QED) is 0.881. The lowest BCUT2D eigenvalue weighted by Crippen LogP contribution is -2.42. The minimum absolute atomic E-state index is 0.0128. The molecule has 1 unspecified atom stereocenters. The van der Waals surface area contributed by atoms with Gasteiger partial charge in [-0.3, -0.25) is 4.79 Å². The summed E-state index contributed by atoms with van der Waals surface area (Å²) in [7, 11) is 0. The van der Waals surface area contributed by atoms with Crippen LogP contribution in [0.15, 0.2) is 18.2 Å². The first kappa shape index (κ1) is 14.0. The smallest absolute Gasteiger partial charge is 0.232 e. The Morgan fingerprint density at radius 3 is 2.79 bits per heavy atom. The lowest BCUT2D eigenvalue weighted by atomic mass is 9.75. The van der Waals surface area contributed by atoms with E-state index in [0.717, 1.165) is 18.5 Å². The molecule has 0 radical (unpaired) electrons. The third kappa shape index (κ3) is 2.63. The Morgan fingerprint density at radius 1 is 1.47 bits per heavy atom. The van der Waals surface area contributed by atoms with Gasteiger partial charge in [-0.2, -0.15) is 0 Å². The molecule has 19 heavy (non-hydrogen) atoms. The highest BCUT2D eigenvalue weighted by atomic mass is 19.1. The van der Waals surface area contributed by atoms with Gasteiger partial charge < -0.3 is 10.6 Å². The van der Waals surface area contributed by atoms with Gasteiger partial charge in [-0.1, -0.05) is 19.9 Å². The monoisotopic (exact) mass is 264 g/mol. The van der Waals surface area contributed by atoms with Crippen molar-refractivity contribution >= 4 is 11.6 Å². The molecule has 1 saturated heterocycles. The first-order valence-corrected chi connectivity index (χ1v) is 6.74. The average Bonchev–Trinajstić information content (AvgIpc) is 2.84. The van der Waals surface area contributed by atoms with Gasteiger partial charge in [0, 0.05) is 12.2 Å². The fourth-order valence-electron chi connectivity index (χ4n) is 2.64. The summed E-state index contributed by atoms with van der Waals surface area (Å²) in [4.78, 5) is 12.6. The maximum absolute atomic E-state index is 13.3. The predicted octanol–water partition coefficient (Wildman–Crippen LogP) is 2.71. The van der Waals surface area contributed by atoms with Gasteiger partial charge in [0.2, 0.25) is 5.91 Å². The zero-order valence-corrected chi connectivity index (χ0v) is 11.7. The van der Waals surface area contributed by atoms with E-state index in [0.29, 0.717) is 12.2 Å². The van der Waals surface area contributed by atoms with Crippen LogP contribution in [0.5, 0.6) is 0 Å². The fraction of sp³-hybridized carbons (Fsp3) is 0.533. The van der Waals surface area contributed by atoms with Gasteiger partial charge in [-0.15, -0.1) is 0 Å². The number of hydrogen-bond donors (Lipinski definition) is 2. The van der Waals surface area contributed by atoms with Gasteiger partial charge in [-0.05, 0) is 43.5 Å². The maximum Gasteiger partial charge on any atom is 0.232 e. The molecule has 1 aromatic carbocycles. The Morgan fingerprint density at radius 2 is 2.21 bits per heavy atom. The maximum atomic E-state index is 13.3. The second-order valence-corrected chi connectivity index (χ2v) is 5.65. The van der Waals surface area contributed by atoms with Gasteiger partial charge in [0.1, 0.15) is 5.82 Å². The van der Waals surface area contributed by atoms with Gasteiger partial charge in [0.15, 0.2) is 0 Å². The van der Waals surface area contributed by atoms with Crippen LogP contribution in [0.1, 0.15) is 25.8 Å².